The van der Waals surface area contributed by atoms with Crippen LogP contribution in [0.3, 0.4) is 0 Å². The van der Waals surface area contributed by atoms with Crippen molar-refractivity contribution < 1.29 is 0 Å². The van der Waals surface area contributed by atoms with Crippen molar-refractivity contribution in [2.45, 2.75) is 26.8 Å². The topological polar surface area (TPSA) is 38.0 Å². The Balaban J connectivity index is 0.000000461. The van der Waals surface area contributed by atoms with Crippen molar-refractivity contribution in [1.29, 1.82) is 0 Å². The molecule has 3 N–H and O–H groups in total. The quantitative estimate of drug-likeness (QED) is 0.553. The first kappa shape index (κ1) is 10.2. The van der Waals surface area contributed by atoms with E-state index in [4.69, 9.17) is 0 Å². The van der Waals surface area contributed by atoms with Gasteiger partial charge in [0, 0.05) is 11.7 Å². The lowest BCUT2D eigenvalue weighted by molar-refractivity contribution is 0.682. The van der Waals surface area contributed by atoms with Gasteiger partial charge >= 0.3 is 0 Å². The molecule has 0 amide bonds. The molecule has 1 atom stereocenters. The molecule has 1 aliphatic heterocycles. The van der Waals surface area contributed by atoms with E-state index < -0.39 is 0 Å². The van der Waals surface area contributed by atoms with Crippen LogP contribution in [-0.2, 0) is 0 Å². The van der Waals surface area contributed by atoms with E-state index in [1.54, 1.807) is 0 Å². The first-order valence-corrected chi connectivity index (χ1v) is 3.89. The summed E-state index contributed by atoms with van der Waals surface area (Å²) < 4.78 is 0. The molecule has 0 bridgehead atoms. The van der Waals surface area contributed by atoms with Crippen LogP contribution < -0.4 is 11.1 Å². The van der Waals surface area contributed by atoms with E-state index in [1.165, 1.54) is 18.3 Å². The minimum Gasteiger partial charge on any atom is -0.382 e. The lowest BCUT2D eigenvalue weighted by atomic mass is 10.1. The molecule has 1 aliphatic rings. The monoisotopic (exact) mass is 154 g/mol. The molecule has 1 rings (SSSR count). The number of hydrogen-bond acceptors (Lipinski definition) is 2. The highest BCUT2D eigenvalue weighted by molar-refractivity contribution is 5.24. The highest BCUT2D eigenvalue weighted by Gasteiger charge is 2.05. The van der Waals surface area contributed by atoms with E-state index in [2.05, 4.69) is 44.0 Å². The van der Waals surface area contributed by atoms with Crippen molar-refractivity contribution in [2.24, 2.45) is 5.73 Å². The van der Waals surface area contributed by atoms with Crippen LogP contribution in [0.25, 0.3) is 0 Å². The molecule has 11 heavy (non-hydrogen) atoms. The third-order valence-corrected chi connectivity index (χ3v) is 1.72. The summed E-state index contributed by atoms with van der Waals surface area (Å²) in [6, 6.07) is 0.523. The molecule has 0 aromatic rings. The van der Waals surface area contributed by atoms with E-state index in [1.807, 2.05) is 0 Å². The molecular weight excluding hydrogens is 136 g/mol. The molecule has 0 aromatic carbocycles. The fourth-order valence-electron chi connectivity index (χ4n) is 0.904. The standard InChI is InChI=1S/C8H13N.CH5N/c1-6-4-5-7(2)9-8(6)3;1-2/h4-5,8-9H,1-3H3;2H2,1H3. The molecule has 0 radical (unpaired) electrons. The molecule has 1 heterocycles. The van der Waals surface area contributed by atoms with Crippen LogP contribution >= 0.6 is 0 Å². The van der Waals surface area contributed by atoms with Gasteiger partial charge in [0.2, 0.25) is 0 Å². The summed E-state index contributed by atoms with van der Waals surface area (Å²) >= 11 is 0. The Bertz CT molecular complexity index is 168. The van der Waals surface area contributed by atoms with Gasteiger partial charge in [-0.05, 0) is 33.9 Å². The van der Waals surface area contributed by atoms with Gasteiger partial charge in [-0.25, -0.2) is 0 Å². The number of nitrogens with one attached hydrogen (secondary N) is 1. The van der Waals surface area contributed by atoms with E-state index in [0.29, 0.717) is 6.04 Å². The second-order valence-electron chi connectivity index (χ2n) is 2.63. The molecule has 0 spiro atoms. The van der Waals surface area contributed by atoms with E-state index in [0.717, 1.165) is 0 Å². The van der Waals surface area contributed by atoms with Crippen LogP contribution in [0.2, 0.25) is 0 Å². The Morgan fingerprint density at radius 1 is 1.27 bits per heavy atom. The molecule has 0 aromatic heterocycles. The summed E-state index contributed by atoms with van der Waals surface area (Å²) in [6.07, 6.45) is 4.27. The van der Waals surface area contributed by atoms with Crippen LogP contribution in [0.5, 0.6) is 0 Å². The van der Waals surface area contributed by atoms with Gasteiger partial charge in [0.25, 0.3) is 0 Å². The molecule has 0 saturated heterocycles. The zero-order valence-corrected chi connectivity index (χ0v) is 7.81. The fourth-order valence-corrected chi connectivity index (χ4v) is 0.904. The van der Waals surface area contributed by atoms with Crippen molar-refractivity contribution in [3.8, 4) is 0 Å². The normalized spacial score (nSPS) is 22.1. The highest BCUT2D eigenvalue weighted by atomic mass is 14.9. The molecule has 64 valence electrons. The maximum atomic E-state index is 4.50. The summed E-state index contributed by atoms with van der Waals surface area (Å²) in [5, 5.41) is 3.32. The van der Waals surface area contributed by atoms with Crippen LogP contribution in [0.15, 0.2) is 23.4 Å². The predicted octanol–water partition coefficient (Wildman–Crippen LogP) is 1.40. The van der Waals surface area contributed by atoms with Crippen molar-refractivity contribution in [2.75, 3.05) is 7.05 Å². The summed E-state index contributed by atoms with van der Waals surface area (Å²) in [7, 11) is 1.50. The molecule has 0 fully saturated rings. The fraction of sp³-hybridized carbons (Fsp3) is 0.556. The zero-order valence-electron chi connectivity index (χ0n) is 7.81. The third-order valence-electron chi connectivity index (χ3n) is 1.72. The summed E-state index contributed by atoms with van der Waals surface area (Å²) in [4.78, 5) is 0. The van der Waals surface area contributed by atoms with Gasteiger partial charge in [0.05, 0.1) is 0 Å². The first-order chi connectivity index (χ1) is 5.20. The van der Waals surface area contributed by atoms with E-state index >= 15 is 0 Å². The van der Waals surface area contributed by atoms with Crippen LogP contribution in [0.4, 0.5) is 0 Å². The third kappa shape index (κ3) is 3.23. The Morgan fingerprint density at radius 2 is 1.82 bits per heavy atom. The molecule has 1 unspecified atom stereocenters. The number of hydrogen-bond donors (Lipinski definition) is 2. The number of nitrogens with two attached hydrogens (primary N) is 1. The number of rotatable bonds is 0. The largest absolute Gasteiger partial charge is 0.382 e. The molecule has 0 saturated carbocycles. The Morgan fingerprint density at radius 3 is 2.18 bits per heavy atom. The van der Waals surface area contributed by atoms with Gasteiger partial charge in [-0.2, -0.15) is 0 Å². The lowest BCUT2D eigenvalue weighted by Crippen LogP contribution is -2.27. The lowest BCUT2D eigenvalue weighted by Gasteiger charge is -2.19. The average molecular weight is 154 g/mol. The highest BCUT2D eigenvalue weighted by Crippen LogP contribution is 2.08. The Labute approximate surface area is 69.2 Å². The Hall–Kier alpha value is -0.760. The zero-order chi connectivity index (χ0) is 8.85. The number of dihydropyridines is 1. The van der Waals surface area contributed by atoms with Crippen molar-refractivity contribution in [3.05, 3.63) is 23.4 Å². The van der Waals surface area contributed by atoms with Gasteiger partial charge in [0.1, 0.15) is 0 Å². The first-order valence-electron chi connectivity index (χ1n) is 3.89. The SMILES string of the molecule is CC1=CC=C(C)C(C)N1.CN. The maximum Gasteiger partial charge on any atom is 0.0442 e. The van der Waals surface area contributed by atoms with Gasteiger partial charge in [0.15, 0.2) is 0 Å². The van der Waals surface area contributed by atoms with Crippen LogP contribution in [0, 0.1) is 0 Å². The van der Waals surface area contributed by atoms with Gasteiger partial charge in [-0.15, -0.1) is 0 Å². The molecule has 0 aliphatic carbocycles. The summed E-state index contributed by atoms with van der Waals surface area (Å²) in [5.41, 5.74) is 7.16. The molecule has 2 nitrogen and oxygen atoms in total. The van der Waals surface area contributed by atoms with Gasteiger partial charge in [-0.1, -0.05) is 11.6 Å². The number of allylic oxidation sites excluding steroid dienone is 3. The Kier molecular flexibility index (Phi) is 4.62. The molecular formula is C9H18N2. The van der Waals surface area contributed by atoms with E-state index in [-0.39, 0.29) is 0 Å². The smallest absolute Gasteiger partial charge is 0.0442 e. The average Bonchev–Trinajstić information content (AvgIpc) is 2.02. The predicted molar refractivity (Wildman–Crippen MR) is 50.2 cm³/mol. The summed E-state index contributed by atoms with van der Waals surface area (Å²) in [6.45, 7) is 6.39. The van der Waals surface area contributed by atoms with Crippen LogP contribution in [0.1, 0.15) is 20.8 Å². The second kappa shape index (κ2) is 4.97. The van der Waals surface area contributed by atoms with Crippen LogP contribution in [-0.4, -0.2) is 13.1 Å². The van der Waals surface area contributed by atoms with Crippen molar-refractivity contribution >= 4 is 0 Å². The second-order valence-corrected chi connectivity index (χ2v) is 2.63. The minimum atomic E-state index is 0.523. The van der Waals surface area contributed by atoms with Gasteiger partial charge < -0.3 is 11.1 Å². The molecule has 2 heteroatoms. The maximum absolute atomic E-state index is 4.50. The van der Waals surface area contributed by atoms with Gasteiger partial charge in [-0.3, -0.25) is 0 Å². The van der Waals surface area contributed by atoms with Crippen molar-refractivity contribution in [3.63, 3.8) is 0 Å². The van der Waals surface area contributed by atoms with E-state index in [9.17, 15) is 0 Å². The summed E-state index contributed by atoms with van der Waals surface area (Å²) in [5.74, 6) is 0. The minimum absolute atomic E-state index is 0.523. The van der Waals surface area contributed by atoms with Crippen molar-refractivity contribution in [1.82, 2.24) is 5.32 Å².